The Morgan fingerprint density at radius 2 is 2.11 bits per heavy atom. The summed E-state index contributed by atoms with van der Waals surface area (Å²) in [5.74, 6) is 0.387. The first-order valence-corrected chi connectivity index (χ1v) is 10.1. The molecule has 1 saturated carbocycles. The highest BCUT2D eigenvalue weighted by Gasteiger charge is 2.20. The van der Waals surface area contributed by atoms with Gasteiger partial charge in [0.1, 0.15) is 23.3 Å². The second-order valence-electron chi connectivity index (χ2n) is 6.68. The summed E-state index contributed by atoms with van der Waals surface area (Å²) >= 11 is 1.41. The standard InChI is InChI=1S/C19H25N3O4S/c1-22(14-6-4-3-5-7-14)17-10-13(11-25-2)20-19(21-17)27-12-15-8-9-16(26-15)18(23)24/h8-10,14H,3-7,11-12H2,1-2H3,(H,23,24)/p-1. The van der Waals surface area contributed by atoms with E-state index in [1.807, 2.05) is 6.07 Å². The molecule has 2 heterocycles. The molecular formula is C19H24N3O4S-. The Morgan fingerprint density at radius 1 is 1.33 bits per heavy atom. The molecule has 0 atom stereocenters. The first-order valence-electron chi connectivity index (χ1n) is 9.09. The Balaban J connectivity index is 1.74. The Hall–Kier alpha value is -2.06. The summed E-state index contributed by atoms with van der Waals surface area (Å²) in [6.45, 7) is 0.414. The van der Waals surface area contributed by atoms with Gasteiger partial charge < -0.3 is 24.0 Å². The van der Waals surface area contributed by atoms with Gasteiger partial charge in [0.05, 0.1) is 18.1 Å². The molecule has 8 heteroatoms. The number of nitrogens with zero attached hydrogens (tertiary/aromatic N) is 3. The monoisotopic (exact) mass is 390 g/mol. The van der Waals surface area contributed by atoms with Crippen molar-refractivity contribution in [3.05, 3.63) is 35.4 Å². The molecule has 0 N–H and O–H groups in total. The summed E-state index contributed by atoms with van der Waals surface area (Å²) in [5.41, 5.74) is 0.822. The second-order valence-corrected chi connectivity index (χ2v) is 7.62. The maximum Gasteiger partial charge on any atom is 0.190 e. The van der Waals surface area contributed by atoms with Crippen LogP contribution in [0, 0.1) is 0 Å². The lowest BCUT2D eigenvalue weighted by atomic mass is 9.94. The van der Waals surface area contributed by atoms with Crippen molar-refractivity contribution >= 4 is 23.5 Å². The van der Waals surface area contributed by atoms with Crippen LogP contribution in [0.4, 0.5) is 5.82 Å². The van der Waals surface area contributed by atoms with Crippen LogP contribution in [0.3, 0.4) is 0 Å². The minimum Gasteiger partial charge on any atom is -0.542 e. The van der Waals surface area contributed by atoms with Gasteiger partial charge in [-0.05, 0) is 25.0 Å². The summed E-state index contributed by atoms with van der Waals surface area (Å²) in [5, 5.41) is 11.4. The van der Waals surface area contributed by atoms with Crippen LogP contribution in [0.15, 0.2) is 27.8 Å². The van der Waals surface area contributed by atoms with Crippen LogP contribution in [-0.2, 0) is 17.1 Å². The maximum absolute atomic E-state index is 10.8. The molecule has 0 saturated heterocycles. The number of carbonyl (C=O) groups excluding carboxylic acids is 1. The normalized spacial score (nSPS) is 15.0. The fraction of sp³-hybridized carbons (Fsp3) is 0.526. The number of anilines is 1. The molecule has 0 spiro atoms. The highest BCUT2D eigenvalue weighted by molar-refractivity contribution is 7.98. The number of hydrogen-bond acceptors (Lipinski definition) is 8. The average molecular weight is 390 g/mol. The number of aromatic carboxylic acids is 1. The molecule has 146 valence electrons. The fourth-order valence-electron chi connectivity index (χ4n) is 3.28. The number of furan rings is 1. The molecule has 2 aromatic rings. The van der Waals surface area contributed by atoms with Gasteiger partial charge in [-0.15, -0.1) is 0 Å². The van der Waals surface area contributed by atoms with Gasteiger partial charge in [0.25, 0.3) is 0 Å². The molecule has 1 aliphatic rings. The molecule has 27 heavy (non-hydrogen) atoms. The van der Waals surface area contributed by atoms with E-state index in [1.165, 1.54) is 49.9 Å². The molecular weight excluding hydrogens is 366 g/mol. The van der Waals surface area contributed by atoms with Crippen LogP contribution in [-0.4, -0.2) is 36.1 Å². The van der Waals surface area contributed by atoms with Crippen molar-refractivity contribution < 1.29 is 19.1 Å². The maximum atomic E-state index is 10.8. The van der Waals surface area contributed by atoms with Crippen molar-refractivity contribution in [1.29, 1.82) is 0 Å². The molecule has 1 fully saturated rings. The van der Waals surface area contributed by atoms with E-state index >= 15 is 0 Å². The molecule has 7 nitrogen and oxygen atoms in total. The van der Waals surface area contributed by atoms with Crippen LogP contribution in [0.2, 0.25) is 0 Å². The quantitative estimate of drug-likeness (QED) is 0.502. The van der Waals surface area contributed by atoms with Gasteiger partial charge in [-0.25, -0.2) is 9.97 Å². The van der Waals surface area contributed by atoms with Crippen LogP contribution >= 0.6 is 11.8 Å². The topological polar surface area (TPSA) is 91.5 Å². The first-order chi connectivity index (χ1) is 13.1. The molecule has 0 aromatic carbocycles. The van der Waals surface area contributed by atoms with E-state index in [0.29, 0.717) is 29.3 Å². The number of carboxylic acids is 1. The molecule has 0 radical (unpaired) electrons. The molecule has 0 bridgehead atoms. The van der Waals surface area contributed by atoms with E-state index in [9.17, 15) is 9.90 Å². The van der Waals surface area contributed by atoms with Crippen molar-refractivity contribution in [2.24, 2.45) is 0 Å². The SMILES string of the molecule is COCc1cc(N(C)C2CCCCC2)nc(SCc2ccc(C(=O)[O-])o2)n1. The van der Waals surface area contributed by atoms with E-state index < -0.39 is 5.97 Å². The van der Waals surface area contributed by atoms with Gasteiger partial charge in [0, 0.05) is 26.3 Å². The summed E-state index contributed by atoms with van der Waals surface area (Å²) in [4.78, 5) is 22.3. The number of methoxy groups -OCH3 is 1. The van der Waals surface area contributed by atoms with Gasteiger partial charge in [-0.3, -0.25) is 0 Å². The van der Waals surface area contributed by atoms with Crippen molar-refractivity contribution in [3.63, 3.8) is 0 Å². The van der Waals surface area contributed by atoms with E-state index in [2.05, 4.69) is 16.9 Å². The third-order valence-electron chi connectivity index (χ3n) is 4.73. The molecule has 1 aliphatic carbocycles. The number of rotatable bonds is 8. The Bertz CT molecular complexity index is 774. The summed E-state index contributed by atoms with van der Waals surface area (Å²) in [6.07, 6.45) is 6.18. The van der Waals surface area contributed by atoms with Crippen molar-refractivity contribution in [1.82, 2.24) is 9.97 Å². The smallest absolute Gasteiger partial charge is 0.190 e. The average Bonchev–Trinajstić information content (AvgIpc) is 3.16. The minimum absolute atomic E-state index is 0.169. The van der Waals surface area contributed by atoms with E-state index in [0.717, 1.165) is 11.5 Å². The zero-order chi connectivity index (χ0) is 19.2. The number of hydrogen-bond donors (Lipinski definition) is 0. The third-order valence-corrected chi connectivity index (χ3v) is 5.60. The molecule has 3 rings (SSSR count). The highest BCUT2D eigenvalue weighted by atomic mass is 32.2. The lowest BCUT2D eigenvalue weighted by Gasteiger charge is -2.32. The Labute approximate surface area is 163 Å². The first kappa shape index (κ1) is 19.7. The number of carboxylic acid groups (broad SMARTS) is 1. The van der Waals surface area contributed by atoms with Crippen molar-refractivity contribution in [2.45, 2.75) is 55.7 Å². The van der Waals surface area contributed by atoms with Gasteiger partial charge in [-0.2, -0.15) is 0 Å². The number of carbonyl (C=O) groups is 1. The van der Waals surface area contributed by atoms with Gasteiger partial charge in [0.2, 0.25) is 0 Å². The van der Waals surface area contributed by atoms with Crippen LogP contribution < -0.4 is 10.0 Å². The molecule has 0 amide bonds. The van der Waals surface area contributed by atoms with Crippen LogP contribution in [0.5, 0.6) is 0 Å². The van der Waals surface area contributed by atoms with E-state index in [-0.39, 0.29) is 5.76 Å². The largest absolute Gasteiger partial charge is 0.542 e. The third kappa shape index (κ3) is 5.23. The van der Waals surface area contributed by atoms with Gasteiger partial charge in [0.15, 0.2) is 5.16 Å². The van der Waals surface area contributed by atoms with Crippen LogP contribution in [0.25, 0.3) is 0 Å². The number of aromatic nitrogens is 2. The summed E-state index contributed by atoms with van der Waals surface area (Å²) < 4.78 is 10.5. The minimum atomic E-state index is -1.32. The molecule has 2 aromatic heterocycles. The van der Waals surface area contributed by atoms with Gasteiger partial charge in [-0.1, -0.05) is 31.0 Å². The van der Waals surface area contributed by atoms with E-state index in [1.54, 1.807) is 13.2 Å². The van der Waals surface area contributed by atoms with Crippen molar-refractivity contribution in [2.75, 3.05) is 19.1 Å². The predicted octanol–water partition coefficient (Wildman–Crippen LogP) is 2.64. The Kier molecular flexibility index (Phi) is 6.73. The zero-order valence-electron chi connectivity index (χ0n) is 15.6. The molecule has 0 aliphatic heterocycles. The summed E-state index contributed by atoms with van der Waals surface area (Å²) in [7, 11) is 3.73. The number of ether oxygens (including phenoxy) is 1. The molecule has 0 unspecified atom stereocenters. The Morgan fingerprint density at radius 3 is 2.78 bits per heavy atom. The van der Waals surface area contributed by atoms with E-state index in [4.69, 9.17) is 14.1 Å². The zero-order valence-corrected chi connectivity index (χ0v) is 16.5. The van der Waals surface area contributed by atoms with Crippen LogP contribution in [0.1, 0.15) is 54.1 Å². The second kappa shape index (κ2) is 9.23. The lowest BCUT2D eigenvalue weighted by molar-refractivity contribution is -0.257. The summed E-state index contributed by atoms with van der Waals surface area (Å²) in [6, 6.07) is 5.50. The lowest BCUT2D eigenvalue weighted by Crippen LogP contribution is -2.34. The fourth-order valence-corrected chi connectivity index (χ4v) is 4.05. The number of thioether (sulfide) groups is 1. The van der Waals surface area contributed by atoms with Crippen molar-refractivity contribution in [3.8, 4) is 0 Å². The predicted molar refractivity (Wildman–Crippen MR) is 101 cm³/mol. The van der Waals surface area contributed by atoms with Gasteiger partial charge >= 0.3 is 0 Å². The highest BCUT2D eigenvalue weighted by Crippen LogP contribution is 2.28.